The molecule has 0 bridgehead atoms. The molecule has 0 spiro atoms. The fraction of sp³-hybridized carbons (Fsp3) is 0.571. The van der Waals surface area contributed by atoms with Gasteiger partial charge in [-0.05, 0) is 37.3 Å². The molecular weight excluding hydrogens is 276 g/mol. The Balaban J connectivity index is 2.01. The normalized spacial score (nSPS) is 18.9. The molecule has 0 aromatic carbocycles. The highest BCUT2D eigenvalue weighted by Crippen LogP contribution is 2.33. The second-order valence-electron chi connectivity index (χ2n) is 5.30. The van der Waals surface area contributed by atoms with Gasteiger partial charge in [0, 0.05) is 30.4 Å². The lowest BCUT2D eigenvalue weighted by atomic mass is 10.00. The van der Waals surface area contributed by atoms with E-state index < -0.39 is 12.0 Å². The Labute approximate surface area is 122 Å². The zero-order valence-corrected chi connectivity index (χ0v) is 12.6. The van der Waals surface area contributed by atoms with Gasteiger partial charge < -0.3 is 10.4 Å². The fourth-order valence-electron chi connectivity index (χ4n) is 2.54. The number of nitrogens with zero attached hydrogens (tertiary/aromatic N) is 1. The van der Waals surface area contributed by atoms with Gasteiger partial charge in [-0.2, -0.15) is 0 Å². The molecule has 2 N–H and O–H groups in total. The number of aliphatic carboxylic acids is 1. The first-order chi connectivity index (χ1) is 9.49. The average Bonchev–Trinajstić information content (AvgIpc) is 2.82. The predicted molar refractivity (Wildman–Crippen MR) is 77.9 cm³/mol. The van der Waals surface area contributed by atoms with Crippen molar-refractivity contribution in [1.82, 2.24) is 10.2 Å². The van der Waals surface area contributed by atoms with Crippen LogP contribution in [0.15, 0.2) is 11.4 Å². The van der Waals surface area contributed by atoms with E-state index in [2.05, 4.69) is 5.32 Å². The van der Waals surface area contributed by atoms with E-state index >= 15 is 0 Å². The molecule has 1 aliphatic rings. The first-order valence-corrected chi connectivity index (χ1v) is 7.69. The van der Waals surface area contributed by atoms with Gasteiger partial charge in [-0.25, -0.2) is 0 Å². The molecule has 1 aliphatic heterocycles. The zero-order chi connectivity index (χ0) is 14.7. The molecule has 1 unspecified atom stereocenters. The summed E-state index contributed by atoms with van der Waals surface area (Å²) >= 11 is 1.61. The Hall–Kier alpha value is -1.40. The minimum atomic E-state index is -0.839. The predicted octanol–water partition coefficient (Wildman–Crippen LogP) is 1.65. The van der Waals surface area contributed by atoms with Gasteiger partial charge in [-0.3, -0.25) is 14.5 Å². The highest BCUT2D eigenvalue weighted by atomic mass is 32.1. The highest BCUT2D eigenvalue weighted by molar-refractivity contribution is 7.10. The van der Waals surface area contributed by atoms with Gasteiger partial charge in [0.25, 0.3) is 0 Å². The highest BCUT2D eigenvalue weighted by Gasteiger charge is 2.33. The van der Waals surface area contributed by atoms with E-state index in [1.807, 2.05) is 30.2 Å². The monoisotopic (exact) mass is 296 g/mol. The molecule has 6 heteroatoms. The lowest BCUT2D eigenvalue weighted by Gasteiger charge is -2.32. The number of nitrogens with one attached hydrogen (secondary N) is 1. The summed E-state index contributed by atoms with van der Waals surface area (Å²) in [6.07, 6.45) is 1.20. The summed E-state index contributed by atoms with van der Waals surface area (Å²) in [7, 11) is 0. The summed E-state index contributed by atoms with van der Waals surface area (Å²) < 4.78 is 0. The number of rotatable bonds is 5. The van der Waals surface area contributed by atoms with Crippen LogP contribution >= 0.6 is 11.3 Å². The number of fused-ring (bicyclic) bond motifs is 1. The van der Waals surface area contributed by atoms with Crippen LogP contribution in [0.1, 0.15) is 36.8 Å². The van der Waals surface area contributed by atoms with E-state index in [-0.39, 0.29) is 11.9 Å². The van der Waals surface area contributed by atoms with Crippen LogP contribution in [0.3, 0.4) is 0 Å². The van der Waals surface area contributed by atoms with Gasteiger partial charge in [0.15, 0.2) is 0 Å². The number of carboxylic acid groups (broad SMARTS) is 1. The van der Waals surface area contributed by atoms with Gasteiger partial charge >= 0.3 is 5.97 Å². The molecule has 0 saturated heterocycles. The van der Waals surface area contributed by atoms with Gasteiger partial charge in [0.2, 0.25) is 5.91 Å². The third kappa shape index (κ3) is 3.37. The maximum Gasteiger partial charge on any atom is 0.325 e. The van der Waals surface area contributed by atoms with Gasteiger partial charge in [0.1, 0.15) is 6.04 Å². The summed E-state index contributed by atoms with van der Waals surface area (Å²) in [6.45, 7) is 5.00. The third-order valence-electron chi connectivity index (χ3n) is 3.38. The van der Waals surface area contributed by atoms with Gasteiger partial charge in [-0.1, -0.05) is 0 Å². The van der Waals surface area contributed by atoms with Crippen LogP contribution in [0.25, 0.3) is 0 Å². The van der Waals surface area contributed by atoms with E-state index in [1.165, 1.54) is 0 Å². The van der Waals surface area contributed by atoms with Crippen molar-refractivity contribution in [2.45, 2.75) is 38.8 Å². The van der Waals surface area contributed by atoms with E-state index in [0.717, 1.165) is 16.9 Å². The Bertz CT molecular complexity index is 498. The van der Waals surface area contributed by atoms with Crippen molar-refractivity contribution in [3.05, 3.63) is 21.9 Å². The maximum absolute atomic E-state index is 11.7. The van der Waals surface area contributed by atoms with Crippen LogP contribution in [0, 0.1) is 0 Å². The average molecular weight is 296 g/mol. The van der Waals surface area contributed by atoms with E-state index in [4.69, 9.17) is 0 Å². The number of carbonyl (C=O) groups excluding carboxylic acids is 1. The van der Waals surface area contributed by atoms with Crippen molar-refractivity contribution >= 4 is 23.2 Å². The van der Waals surface area contributed by atoms with Crippen molar-refractivity contribution in [1.29, 1.82) is 0 Å². The molecule has 5 nitrogen and oxygen atoms in total. The lowest BCUT2D eigenvalue weighted by molar-refractivity contribution is -0.144. The van der Waals surface area contributed by atoms with Crippen LogP contribution < -0.4 is 5.32 Å². The Morgan fingerprint density at radius 3 is 2.95 bits per heavy atom. The third-order valence-corrected chi connectivity index (χ3v) is 4.37. The largest absolute Gasteiger partial charge is 0.480 e. The molecule has 0 saturated carbocycles. The number of hydrogen-bond acceptors (Lipinski definition) is 4. The Morgan fingerprint density at radius 2 is 2.30 bits per heavy atom. The molecule has 1 aromatic heterocycles. The molecule has 0 fully saturated rings. The minimum Gasteiger partial charge on any atom is -0.480 e. The van der Waals surface area contributed by atoms with Gasteiger partial charge in [0.05, 0.1) is 0 Å². The van der Waals surface area contributed by atoms with Crippen molar-refractivity contribution in [3.63, 3.8) is 0 Å². The number of hydrogen-bond donors (Lipinski definition) is 2. The van der Waals surface area contributed by atoms with Crippen molar-refractivity contribution in [2.75, 3.05) is 13.1 Å². The summed E-state index contributed by atoms with van der Waals surface area (Å²) in [5.74, 6) is -0.867. The van der Waals surface area contributed by atoms with Crippen LogP contribution in [-0.4, -0.2) is 41.0 Å². The van der Waals surface area contributed by atoms with E-state index in [9.17, 15) is 14.7 Å². The lowest BCUT2D eigenvalue weighted by Crippen LogP contribution is -2.41. The Morgan fingerprint density at radius 1 is 1.55 bits per heavy atom. The smallest absolute Gasteiger partial charge is 0.325 e. The van der Waals surface area contributed by atoms with Gasteiger partial charge in [-0.15, -0.1) is 11.3 Å². The molecule has 1 amide bonds. The SMILES string of the molecule is CC(C)NC(=O)CCN1CCc2sccc2C1C(=O)O. The second kappa shape index (κ2) is 6.37. The summed E-state index contributed by atoms with van der Waals surface area (Å²) in [6, 6.07) is 1.39. The van der Waals surface area contributed by atoms with Crippen LogP contribution in [0.4, 0.5) is 0 Å². The first kappa shape index (κ1) is 15.0. The molecular formula is C14H20N2O3S. The molecule has 0 aliphatic carbocycles. The second-order valence-corrected chi connectivity index (χ2v) is 6.30. The van der Waals surface area contributed by atoms with Crippen molar-refractivity contribution in [2.24, 2.45) is 0 Å². The zero-order valence-electron chi connectivity index (χ0n) is 11.8. The maximum atomic E-state index is 11.7. The molecule has 110 valence electrons. The van der Waals surface area contributed by atoms with Crippen molar-refractivity contribution in [3.8, 4) is 0 Å². The summed E-state index contributed by atoms with van der Waals surface area (Å²) in [5, 5.41) is 14.2. The van der Waals surface area contributed by atoms with Crippen LogP contribution in [0.2, 0.25) is 0 Å². The molecule has 0 radical (unpaired) electrons. The summed E-state index contributed by atoms with van der Waals surface area (Å²) in [5.41, 5.74) is 0.887. The molecule has 20 heavy (non-hydrogen) atoms. The van der Waals surface area contributed by atoms with Crippen molar-refractivity contribution < 1.29 is 14.7 Å². The van der Waals surface area contributed by atoms with E-state index in [1.54, 1.807) is 11.3 Å². The minimum absolute atomic E-state index is 0.0275. The number of carbonyl (C=O) groups is 2. The van der Waals surface area contributed by atoms with E-state index in [0.29, 0.717) is 19.5 Å². The molecule has 1 aromatic rings. The van der Waals surface area contributed by atoms with Crippen LogP contribution in [0.5, 0.6) is 0 Å². The first-order valence-electron chi connectivity index (χ1n) is 6.81. The number of thiophene rings is 1. The standard InChI is InChI=1S/C14H20N2O3S/c1-9(2)15-12(17)4-7-16-6-3-11-10(5-8-20-11)13(16)14(18)19/h5,8-9,13H,3-4,6-7H2,1-2H3,(H,15,17)(H,18,19). The molecule has 2 rings (SSSR count). The fourth-order valence-corrected chi connectivity index (χ4v) is 3.44. The molecule has 1 atom stereocenters. The quantitative estimate of drug-likeness (QED) is 0.867. The molecule has 2 heterocycles. The Kier molecular flexibility index (Phi) is 4.77. The topological polar surface area (TPSA) is 69.6 Å². The number of amides is 1. The van der Waals surface area contributed by atoms with Crippen LogP contribution in [-0.2, 0) is 16.0 Å². The summed E-state index contributed by atoms with van der Waals surface area (Å²) in [4.78, 5) is 26.2. The number of carboxylic acids is 1.